The molecule has 102 valence electrons. The highest BCUT2D eigenvalue weighted by atomic mass is 32.2. The lowest BCUT2D eigenvalue weighted by molar-refractivity contribution is 0.400. The highest BCUT2D eigenvalue weighted by molar-refractivity contribution is 7.89. The van der Waals surface area contributed by atoms with Gasteiger partial charge in [-0.3, -0.25) is 0 Å². The summed E-state index contributed by atoms with van der Waals surface area (Å²) in [5.74, 6) is 0. The molecule has 6 heteroatoms. The van der Waals surface area contributed by atoms with Crippen LogP contribution in [-0.4, -0.2) is 40.5 Å². The molecule has 5 nitrogen and oxygen atoms in total. The number of nitrogens with two attached hydrogens (primary N) is 1. The Kier molecular flexibility index (Phi) is 5.13. The van der Waals surface area contributed by atoms with Crippen LogP contribution in [-0.2, 0) is 10.0 Å². The molecule has 0 aliphatic rings. The lowest BCUT2D eigenvalue weighted by Crippen LogP contribution is -2.27. The van der Waals surface area contributed by atoms with Crippen molar-refractivity contribution in [3.63, 3.8) is 0 Å². The summed E-state index contributed by atoms with van der Waals surface area (Å²) in [4.78, 5) is 2.24. The largest absolute Gasteiger partial charge is 0.399 e. The number of benzene rings is 1. The van der Waals surface area contributed by atoms with Crippen molar-refractivity contribution in [1.29, 1.82) is 0 Å². The van der Waals surface area contributed by atoms with E-state index < -0.39 is 10.0 Å². The maximum Gasteiger partial charge on any atom is 0.240 e. The van der Waals surface area contributed by atoms with Gasteiger partial charge in [-0.05, 0) is 57.7 Å². The van der Waals surface area contributed by atoms with Crippen LogP contribution in [0.25, 0.3) is 0 Å². The Labute approximate surface area is 109 Å². The third-order valence-corrected chi connectivity index (χ3v) is 3.90. The van der Waals surface area contributed by atoms with Crippen LogP contribution < -0.4 is 10.5 Å². The molecule has 1 aromatic carbocycles. The molecule has 0 atom stereocenters. The number of nitrogens with zero attached hydrogens (tertiary/aromatic N) is 1. The van der Waals surface area contributed by atoms with Crippen LogP contribution in [0.15, 0.2) is 23.1 Å². The fourth-order valence-corrected chi connectivity index (χ4v) is 2.83. The third-order valence-electron chi connectivity index (χ3n) is 2.46. The number of hydrogen-bond donors (Lipinski definition) is 2. The molecule has 0 aromatic heterocycles. The van der Waals surface area contributed by atoms with E-state index in [1.165, 1.54) is 6.07 Å². The number of anilines is 1. The Hall–Kier alpha value is -1.11. The van der Waals surface area contributed by atoms with E-state index in [9.17, 15) is 8.42 Å². The van der Waals surface area contributed by atoms with Gasteiger partial charge in [-0.2, -0.15) is 0 Å². The number of nitrogens with one attached hydrogen (secondary N) is 1. The van der Waals surface area contributed by atoms with Crippen LogP contribution in [0, 0.1) is 6.92 Å². The molecule has 0 saturated heterocycles. The zero-order chi connectivity index (χ0) is 13.8. The number of sulfonamides is 1. The first-order chi connectivity index (χ1) is 8.31. The van der Waals surface area contributed by atoms with Crippen molar-refractivity contribution in [3.05, 3.63) is 23.8 Å². The first-order valence-corrected chi connectivity index (χ1v) is 7.31. The second kappa shape index (κ2) is 6.17. The van der Waals surface area contributed by atoms with E-state index in [1.807, 2.05) is 25.9 Å². The molecule has 0 bridgehead atoms. The van der Waals surface area contributed by atoms with Gasteiger partial charge in [-0.1, -0.05) is 0 Å². The topological polar surface area (TPSA) is 75.4 Å². The molecule has 1 aromatic rings. The summed E-state index contributed by atoms with van der Waals surface area (Å²) in [5, 5.41) is 0. The van der Waals surface area contributed by atoms with Gasteiger partial charge in [0.1, 0.15) is 0 Å². The quantitative estimate of drug-likeness (QED) is 0.593. The van der Waals surface area contributed by atoms with Gasteiger partial charge in [0.25, 0.3) is 0 Å². The van der Waals surface area contributed by atoms with Crippen molar-refractivity contribution >= 4 is 15.7 Å². The van der Waals surface area contributed by atoms with Gasteiger partial charge in [-0.15, -0.1) is 0 Å². The minimum atomic E-state index is -3.45. The van der Waals surface area contributed by atoms with Crippen LogP contribution in [0.4, 0.5) is 5.69 Å². The van der Waals surface area contributed by atoms with Crippen molar-refractivity contribution in [2.75, 3.05) is 32.9 Å². The van der Waals surface area contributed by atoms with E-state index in [-0.39, 0.29) is 4.90 Å². The van der Waals surface area contributed by atoms with Gasteiger partial charge >= 0.3 is 0 Å². The Morgan fingerprint density at radius 3 is 2.50 bits per heavy atom. The van der Waals surface area contributed by atoms with Gasteiger partial charge in [-0.25, -0.2) is 13.1 Å². The van der Waals surface area contributed by atoms with Crippen molar-refractivity contribution in [1.82, 2.24) is 9.62 Å². The average Bonchev–Trinajstić information content (AvgIpc) is 2.23. The second-order valence-electron chi connectivity index (χ2n) is 4.63. The fraction of sp³-hybridized carbons (Fsp3) is 0.500. The third kappa shape index (κ3) is 4.64. The van der Waals surface area contributed by atoms with Crippen molar-refractivity contribution in [2.24, 2.45) is 0 Å². The van der Waals surface area contributed by atoms with Crippen LogP contribution in [0.5, 0.6) is 0 Å². The molecule has 3 N–H and O–H groups in total. The van der Waals surface area contributed by atoms with Crippen molar-refractivity contribution in [2.45, 2.75) is 18.2 Å². The molecule has 1 rings (SSSR count). The first-order valence-electron chi connectivity index (χ1n) is 5.83. The Morgan fingerprint density at radius 1 is 1.28 bits per heavy atom. The van der Waals surface area contributed by atoms with E-state index in [2.05, 4.69) is 4.72 Å². The predicted molar refractivity (Wildman–Crippen MR) is 74.0 cm³/mol. The van der Waals surface area contributed by atoms with Gasteiger partial charge in [0.2, 0.25) is 10.0 Å². The SMILES string of the molecule is Cc1cc(N)cc(S(=O)(=O)NCCCN(C)C)c1. The zero-order valence-corrected chi connectivity index (χ0v) is 11.9. The zero-order valence-electron chi connectivity index (χ0n) is 11.1. The summed E-state index contributed by atoms with van der Waals surface area (Å²) >= 11 is 0. The highest BCUT2D eigenvalue weighted by Crippen LogP contribution is 2.15. The molecule has 0 aliphatic carbocycles. The summed E-state index contributed by atoms with van der Waals surface area (Å²) in [6.45, 7) is 3.09. The van der Waals surface area contributed by atoms with Gasteiger partial charge in [0.15, 0.2) is 0 Å². The van der Waals surface area contributed by atoms with Crippen LogP contribution in [0.3, 0.4) is 0 Å². The molecule has 0 amide bonds. The van der Waals surface area contributed by atoms with Gasteiger partial charge < -0.3 is 10.6 Å². The number of hydrogen-bond acceptors (Lipinski definition) is 4. The van der Waals surface area contributed by atoms with E-state index in [4.69, 9.17) is 5.73 Å². The van der Waals surface area contributed by atoms with Crippen molar-refractivity contribution in [3.8, 4) is 0 Å². The van der Waals surface area contributed by atoms with E-state index in [1.54, 1.807) is 12.1 Å². The van der Waals surface area contributed by atoms with Crippen LogP contribution in [0.2, 0.25) is 0 Å². The average molecular weight is 271 g/mol. The molecule has 0 radical (unpaired) electrons. The summed E-state index contributed by atoms with van der Waals surface area (Å²) in [6.07, 6.45) is 0.771. The monoisotopic (exact) mass is 271 g/mol. The molecular formula is C12H21N3O2S. The summed E-state index contributed by atoms with van der Waals surface area (Å²) in [7, 11) is 0.457. The second-order valence-corrected chi connectivity index (χ2v) is 6.40. The normalized spacial score (nSPS) is 12.0. The van der Waals surface area contributed by atoms with Crippen LogP contribution >= 0.6 is 0 Å². The number of rotatable bonds is 6. The molecular weight excluding hydrogens is 250 g/mol. The van der Waals surface area contributed by atoms with Crippen molar-refractivity contribution < 1.29 is 8.42 Å². The minimum absolute atomic E-state index is 0.227. The molecule has 0 aliphatic heterocycles. The molecule has 0 saturated carbocycles. The Bertz CT molecular complexity index is 478. The molecule has 0 spiro atoms. The lowest BCUT2D eigenvalue weighted by atomic mass is 10.2. The summed E-state index contributed by atoms with van der Waals surface area (Å²) < 4.78 is 26.6. The smallest absolute Gasteiger partial charge is 0.240 e. The molecule has 0 fully saturated rings. The number of aryl methyl sites for hydroxylation is 1. The number of nitrogen functional groups attached to an aromatic ring is 1. The Balaban J connectivity index is 2.68. The summed E-state index contributed by atoms with van der Waals surface area (Å²) in [6, 6.07) is 4.83. The van der Waals surface area contributed by atoms with E-state index >= 15 is 0 Å². The standard InChI is InChI=1S/C12H21N3O2S/c1-10-7-11(13)9-12(8-10)18(16,17)14-5-4-6-15(2)3/h7-9,14H,4-6,13H2,1-3H3. The lowest BCUT2D eigenvalue weighted by Gasteiger charge is -2.11. The van der Waals surface area contributed by atoms with E-state index in [0.717, 1.165) is 18.5 Å². The fourth-order valence-electron chi connectivity index (χ4n) is 1.62. The van der Waals surface area contributed by atoms with E-state index in [0.29, 0.717) is 12.2 Å². The minimum Gasteiger partial charge on any atom is -0.399 e. The Morgan fingerprint density at radius 2 is 1.94 bits per heavy atom. The summed E-state index contributed by atoms with van der Waals surface area (Å²) in [5.41, 5.74) is 6.95. The maximum absolute atomic E-state index is 12.0. The molecule has 18 heavy (non-hydrogen) atoms. The van der Waals surface area contributed by atoms with Gasteiger partial charge in [0, 0.05) is 12.2 Å². The first kappa shape index (κ1) is 14.9. The van der Waals surface area contributed by atoms with Crippen LogP contribution in [0.1, 0.15) is 12.0 Å². The molecule has 0 heterocycles. The maximum atomic E-state index is 12.0. The van der Waals surface area contributed by atoms with Gasteiger partial charge in [0.05, 0.1) is 4.90 Å². The highest BCUT2D eigenvalue weighted by Gasteiger charge is 2.14. The predicted octanol–water partition coefficient (Wildman–Crippen LogP) is 0.807. The molecule has 0 unspecified atom stereocenters.